The summed E-state index contributed by atoms with van der Waals surface area (Å²) in [5, 5.41) is -0.319. The van der Waals surface area contributed by atoms with Crippen molar-refractivity contribution < 1.29 is 13.2 Å². The molecule has 0 aliphatic heterocycles. The van der Waals surface area contributed by atoms with Gasteiger partial charge in [-0.1, -0.05) is 35.4 Å². The van der Waals surface area contributed by atoms with Crippen molar-refractivity contribution in [1.29, 1.82) is 0 Å². The average Bonchev–Trinajstić information content (AvgIpc) is 1.83. The van der Waals surface area contributed by atoms with Crippen LogP contribution in [0.25, 0.3) is 0 Å². The van der Waals surface area contributed by atoms with Crippen molar-refractivity contribution in [3.8, 4) is 0 Å². The highest BCUT2D eigenvalue weighted by atomic mass is 33.1. The van der Waals surface area contributed by atoms with Gasteiger partial charge in [0.1, 0.15) is 0 Å². The molecule has 0 bridgehead atoms. The lowest BCUT2D eigenvalue weighted by Crippen LogP contribution is -2.20. The van der Waals surface area contributed by atoms with Crippen LogP contribution in [0.15, 0.2) is 0 Å². The number of alkyl halides is 3. The number of hydrogen-bond acceptors (Lipinski definition) is 2. The van der Waals surface area contributed by atoms with Gasteiger partial charge in [-0.2, -0.15) is 13.2 Å². The van der Waals surface area contributed by atoms with Crippen LogP contribution in [0, 0.1) is 5.92 Å². The molecule has 0 saturated carbocycles. The summed E-state index contributed by atoms with van der Waals surface area (Å²) in [5.74, 6) is 0.0732. The van der Waals surface area contributed by atoms with E-state index >= 15 is 0 Å². The molecule has 0 aromatic carbocycles. The first-order valence-corrected chi connectivity index (χ1v) is 6.25. The van der Waals surface area contributed by atoms with Crippen LogP contribution in [-0.2, 0) is 0 Å². The Kier molecular flexibility index (Phi) is 5.48. The summed E-state index contributed by atoms with van der Waals surface area (Å²) < 4.78 is 35.9. The van der Waals surface area contributed by atoms with E-state index in [1.54, 1.807) is 6.26 Å². The van der Waals surface area contributed by atoms with Gasteiger partial charge in [0.15, 0.2) is 0 Å². The fraction of sp³-hybridized carbons (Fsp3) is 1.00. The molecule has 0 N–H and O–H groups in total. The Labute approximate surface area is 79.1 Å². The molecule has 0 amide bonds. The fourth-order valence-corrected chi connectivity index (χ4v) is 3.07. The van der Waals surface area contributed by atoms with Crippen LogP contribution in [0.4, 0.5) is 13.2 Å². The number of rotatable bonds is 4. The molecule has 0 spiro atoms. The normalized spacial score (nSPS) is 15.2. The van der Waals surface area contributed by atoms with Gasteiger partial charge in [-0.15, -0.1) is 0 Å². The largest absolute Gasteiger partial charge is 0.390 e. The molecule has 0 saturated heterocycles. The lowest BCUT2D eigenvalue weighted by atomic mass is 10.1. The zero-order valence-electron chi connectivity index (χ0n) is 7.31. The average molecular weight is 218 g/mol. The number of halogens is 3. The summed E-state index contributed by atoms with van der Waals surface area (Å²) in [6, 6.07) is 0. The molecule has 0 rings (SSSR count). The lowest BCUT2D eigenvalue weighted by Gasteiger charge is -2.20. The molecule has 0 nitrogen and oxygen atoms in total. The summed E-state index contributed by atoms with van der Waals surface area (Å²) in [6.07, 6.45) is -2.91. The molecule has 5 heteroatoms. The van der Waals surface area contributed by atoms with Gasteiger partial charge < -0.3 is 0 Å². The molecule has 0 aliphatic rings. The maximum Gasteiger partial charge on any atom is 0.390 e. The summed E-state index contributed by atoms with van der Waals surface area (Å²) in [6.45, 7) is 3.64. The predicted octanol–water partition coefficient (Wildman–Crippen LogP) is 3.97. The Hall–Kier alpha value is 0.490. The van der Waals surface area contributed by atoms with Crippen LogP contribution in [-0.4, -0.2) is 17.7 Å². The van der Waals surface area contributed by atoms with Crippen LogP contribution >= 0.6 is 21.6 Å². The van der Waals surface area contributed by atoms with Crippen molar-refractivity contribution in [2.24, 2.45) is 5.92 Å². The Morgan fingerprint density at radius 2 is 1.75 bits per heavy atom. The van der Waals surface area contributed by atoms with Gasteiger partial charge in [-0.3, -0.25) is 0 Å². The Bertz CT molecular complexity index is 122. The molecule has 12 heavy (non-hydrogen) atoms. The topological polar surface area (TPSA) is 0 Å². The van der Waals surface area contributed by atoms with Gasteiger partial charge in [-0.05, 0) is 12.2 Å². The predicted molar refractivity (Wildman–Crippen MR) is 50.4 cm³/mol. The lowest BCUT2D eigenvalue weighted by molar-refractivity contribution is -0.135. The minimum absolute atomic E-state index is 0.0732. The third-order valence-corrected chi connectivity index (χ3v) is 3.87. The van der Waals surface area contributed by atoms with E-state index in [1.165, 1.54) is 21.6 Å². The van der Waals surface area contributed by atoms with E-state index in [1.807, 2.05) is 13.8 Å². The summed E-state index contributed by atoms with van der Waals surface area (Å²) >= 11 is 0. The van der Waals surface area contributed by atoms with Crippen molar-refractivity contribution >= 4 is 21.6 Å². The maximum absolute atomic E-state index is 12.0. The second-order valence-corrected chi connectivity index (χ2v) is 5.57. The first-order chi connectivity index (χ1) is 5.37. The van der Waals surface area contributed by atoms with Gasteiger partial charge in [0, 0.05) is 5.25 Å². The SMILES string of the molecule is CSS[C@@H](CC(F)(F)F)C(C)C. The highest BCUT2D eigenvalue weighted by Gasteiger charge is 2.33. The summed E-state index contributed by atoms with van der Waals surface area (Å²) in [4.78, 5) is 0. The molecule has 0 aliphatic carbocycles. The van der Waals surface area contributed by atoms with E-state index in [0.29, 0.717) is 0 Å². The van der Waals surface area contributed by atoms with Crippen molar-refractivity contribution in [1.82, 2.24) is 0 Å². The zero-order valence-corrected chi connectivity index (χ0v) is 8.95. The smallest absolute Gasteiger partial charge is 0.171 e. The molecule has 74 valence electrons. The van der Waals surface area contributed by atoms with Gasteiger partial charge in [-0.25, -0.2) is 0 Å². The maximum atomic E-state index is 12.0. The highest BCUT2D eigenvalue weighted by molar-refractivity contribution is 8.76. The minimum atomic E-state index is -4.03. The third kappa shape index (κ3) is 6.06. The van der Waals surface area contributed by atoms with E-state index in [0.717, 1.165) is 0 Å². The van der Waals surface area contributed by atoms with Crippen LogP contribution in [0.5, 0.6) is 0 Å². The van der Waals surface area contributed by atoms with Crippen molar-refractivity contribution in [3.63, 3.8) is 0 Å². The fourth-order valence-electron chi connectivity index (χ4n) is 0.733. The van der Waals surface area contributed by atoms with E-state index in [2.05, 4.69) is 0 Å². The second-order valence-electron chi connectivity index (χ2n) is 2.86. The molecule has 0 unspecified atom stereocenters. The quantitative estimate of drug-likeness (QED) is 0.655. The molecular formula is C7H13F3S2. The molecule has 1 atom stereocenters. The summed E-state index contributed by atoms with van der Waals surface area (Å²) in [7, 11) is 2.70. The molecule has 0 heterocycles. The molecular weight excluding hydrogens is 205 g/mol. The first-order valence-electron chi connectivity index (χ1n) is 3.63. The Morgan fingerprint density at radius 1 is 1.25 bits per heavy atom. The van der Waals surface area contributed by atoms with E-state index < -0.39 is 12.6 Å². The molecule has 0 radical (unpaired) electrons. The van der Waals surface area contributed by atoms with Gasteiger partial charge in [0.05, 0.1) is 6.42 Å². The Balaban J connectivity index is 3.95. The molecule has 0 fully saturated rings. The first kappa shape index (κ1) is 12.5. The van der Waals surface area contributed by atoms with Gasteiger partial charge in [0.2, 0.25) is 0 Å². The van der Waals surface area contributed by atoms with E-state index in [9.17, 15) is 13.2 Å². The molecule has 0 aromatic heterocycles. The number of hydrogen-bond donors (Lipinski definition) is 0. The van der Waals surface area contributed by atoms with Crippen molar-refractivity contribution in [2.75, 3.05) is 6.26 Å². The summed E-state index contributed by atoms with van der Waals surface area (Å²) in [5.41, 5.74) is 0. The monoisotopic (exact) mass is 218 g/mol. The highest BCUT2D eigenvalue weighted by Crippen LogP contribution is 2.36. The third-order valence-electron chi connectivity index (χ3n) is 1.40. The van der Waals surface area contributed by atoms with Crippen LogP contribution in [0.2, 0.25) is 0 Å². The van der Waals surface area contributed by atoms with E-state index in [4.69, 9.17) is 0 Å². The van der Waals surface area contributed by atoms with Gasteiger partial charge >= 0.3 is 6.18 Å². The standard InChI is InChI=1S/C7H13F3S2/c1-5(2)6(12-11-3)4-7(8,9)10/h5-6H,4H2,1-3H3/t6-/m0/s1. The van der Waals surface area contributed by atoms with Crippen molar-refractivity contribution in [2.45, 2.75) is 31.7 Å². The van der Waals surface area contributed by atoms with Gasteiger partial charge in [0.25, 0.3) is 0 Å². The van der Waals surface area contributed by atoms with Crippen molar-refractivity contribution in [3.05, 3.63) is 0 Å². The van der Waals surface area contributed by atoms with Crippen LogP contribution in [0.1, 0.15) is 20.3 Å². The van der Waals surface area contributed by atoms with Crippen LogP contribution in [0.3, 0.4) is 0 Å². The second kappa shape index (κ2) is 5.27. The minimum Gasteiger partial charge on any atom is -0.171 e. The van der Waals surface area contributed by atoms with Crippen LogP contribution < -0.4 is 0 Å². The molecule has 0 aromatic rings. The Morgan fingerprint density at radius 3 is 2.00 bits per heavy atom. The zero-order chi connectivity index (χ0) is 9.78. The van der Waals surface area contributed by atoms with E-state index in [-0.39, 0.29) is 11.2 Å².